The number of benzene rings is 2. The summed E-state index contributed by atoms with van der Waals surface area (Å²) in [6.45, 7) is 3.42. The van der Waals surface area contributed by atoms with Crippen LogP contribution in [0.4, 0.5) is 17.6 Å². The lowest BCUT2D eigenvalue weighted by Gasteiger charge is -2.15. The van der Waals surface area contributed by atoms with Crippen LogP contribution in [-0.2, 0) is 6.18 Å². The molecule has 0 aliphatic carbocycles. The Morgan fingerprint density at radius 1 is 1.14 bits per heavy atom. The first-order valence-corrected chi connectivity index (χ1v) is 8.45. The molecule has 8 heteroatoms. The van der Waals surface area contributed by atoms with Crippen molar-refractivity contribution in [1.29, 1.82) is 0 Å². The second-order valence-electron chi connectivity index (χ2n) is 6.35. The molecule has 1 atom stereocenters. The molecule has 0 bridgehead atoms. The van der Waals surface area contributed by atoms with E-state index in [0.717, 1.165) is 18.2 Å². The number of carbonyl (C=O) groups is 1. The van der Waals surface area contributed by atoms with E-state index < -0.39 is 29.5 Å². The van der Waals surface area contributed by atoms with Crippen LogP contribution in [0, 0.1) is 12.7 Å². The maximum Gasteiger partial charge on any atom is 0.416 e. The van der Waals surface area contributed by atoms with Gasteiger partial charge in [0.1, 0.15) is 5.82 Å². The summed E-state index contributed by atoms with van der Waals surface area (Å²) in [5, 5.41) is 6.90. The van der Waals surface area contributed by atoms with Crippen LogP contribution in [0.15, 0.2) is 54.7 Å². The van der Waals surface area contributed by atoms with Gasteiger partial charge in [-0.05, 0) is 50.2 Å². The molecule has 0 aliphatic rings. The number of amides is 1. The molecule has 0 saturated carbocycles. The molecule has 4 nitrogen and oxygen atoms in total. The Bertz CT molecular complexity index is 1010. The molecule has 1 aromatic heterocycles. The van der Waals surface area contributed by atoms with E-state index in [1.54, 1.807) is 13.8 Å². The highest BCUT2D eigenvalue weighted by molar-refractivity contribution is 5.94. The fourth-order valence-corrected chi connectivity index (χ4v) is 2.91. The first-order valence-electron chi connectivity index (χ1n) is 8.45. The lowest BCUT2D eigenvalue weighted by molar-refractivity contribution is -0.137. The fourth-order valence-electron chi connectivity index (χ4n) is 2.91. The highest BCUT2D eigenvalue weighted by atomic mass is 19.4. The topological polar surface area (TPSA) is 46.9 Å². The number of rotatable bonds is 4. The Kier molecular flexibility index (Phi) is 5.22. The second-order valence-corrected chi connectivity index (χ2v) is 6.35. The maximum atomic E-state index is 13.3. The number of hydrogen-bond donors (Lipinski definition) is 1. The highest BCUT2D eigenvalue weighted by Crippen LogP contribution is 2.31. The summed E-state index contributed by atoms with van der Waals surface area (Å²) in [7, 11) is 0. The van der Waals surface area contributed by atoms with Crippen molar-refractivity contribution >= 4 is 5.91 Å². The molecule has 1 N–H and O–H groups in total. The third-order valence-corrected chi connectivity index (χ3v) is 4.37. The molecule has 3 rings (SSSR count). The summed E-state index contributed by atoms with van der Waals surface area (Å²) in [5.41, 5.74) is 0.902. The minimum absolute atomic E-state index is 0.176. The molecule has 3 aromatic rings. The number of hydrogen-bond acceptors (Lipinski definition) is 2. The van der Waals surface area contributed by atoms with Gasteiger partial charge >= 0.3 is 6.18 Å². The zero-order valence-electron chi connectivity index (χ0n) is 15.1. The van der Waals surface area contributed by atoms with Gasteiger partial charge in [-0.15, -0.1) is 0 Å². The average Bonchev–Trinajstić information content (AvgIpc) is 3.02. The second kappa shape index (κ2) is 7.46. The van der Waals surface area contributed by atoms with Gasteiger partial charge in [0.2, 0.25) is 0 Å². The summed E-state index contributed by atoms with van der Waals surface area (Å²) in [4.78, 5) is 12.3. The highest BCUT2D eigenvalue weighted by Gasteiger charge is 2.30. The monoisotopic (exact) mass is 391 g/mol. The zero-order chi connectivity index (χ0) is 20.5. The standard InChI is InChI=1S/C20H17F4N3O/c1-12(26-19(28)14-5-3-7-16(21)9-14)18-11-25-27(13(18)2)17-8-4-6-15(10-17)20(22,23)24/h3-12H,1-2H3,(H,26,28). The van der Waals surface area contributed by atoms with Crippen LogP contribution in [0.2, 0.25) is 0 Å². The zero-order valence-corrected chi connectivity index (χ0v) is 15.1. The molecule has 2 aromatic carbocycles. The molecule has 0 aliphatic heterocycles. The summed E-state index contributed by atoms with van der Waals surface area (Å²) >= 11 is 0. The Hall–Kier alpha value is -3.16. The van der Waals surface area contributed by atoms with Gasteiger partial charge in [-0.3, -0.25) is 4.79 Å². The molecule has 1 amide bonds. The molecule has 0 saturated heterocycles. The van der Waals surface area contributed by atoms with Crippen molar-refractivity contribution in [2.75, 3.05) is 0 Å². The molecule has 28 heavy (non-hydrogen) atoms. The van der Waals surface area contributed by atoms with Gasteiger partial charge in [0, 0.05) is 16.8 Å². The molecule has 1 unspecified atom stereocenters. The van der Waals surface area contributed by atoms with Crippen LogP contribution in [0.25, 0.3) is 5.69 Å². The third-order valence-electron chi connectivity index (χ3n) is 4.37. The normalized spacial score (nSPS) is 12.6. The predicted molar refractivity (Wildman–Crippen MR) is 95.6 cm³/mol. The lowest BCUT2D eigenvalue weighted by Crippen LogP contribution is -2.27. The minimum Gasteiger partial charge on any atom is -0.345 e. The van der Waals surface area contributed by atoms with Gasteiger partial charge in [-0.25, -0.2) is 9.07 Å². The summed E-state index contributed by atoms with van der Waals surface area (Å²) < 4.78 is 53.5. The Labute approximate surface area is 158 Å². The van der Waals surface area contributed by atoms with E-state index >= 15 is 0 Å². The van der Waals surface area contributed by atoms with Crippen molar-refractivity contribution in [2.45, 2.75) is 26.1 Å². The van der Waals surface area contributed by atoms with E-state index in [-0.39, 0.29) is 11.3 Å². The molecule has 146 valence electrons. The predicted octanol–water partition coefficient (Wildman–Crippen LogP) is 4.83. The van der Waals surface area contributed by atoms with E-state index in [0.29, 0.717) is 11.3 Å². The van der Waals surface area contributed by atoms with Crippen molar-refractivity contribution in [3.8, 4) is 5.69 Å². The van der Waals surface area contributed by atoms with Gasteiger partial charge in [0.05, 0.1) is 23.5 Å². The van der Waals surface area contributed by atoms with E-state index in [2.05, 4.69) is 10.4 Å². The van der Waals surface area contributed by atoms with E-state index in [1.807, 2.05) is 0 Å². The van der Waals surface area contributed by atoms with E-state index in [1.165, 1.54) is 41.2 Å². The van der Waals surface area contributed by atoms with Crippen molar-refractivity contribution in [2.24, 2.45) is 0 Å². The summed E-state index contributed by atoms with van der Waals surface area (Å²) in [6, 6.07) is 9.66. The average molecular weight is 391 g/mol. The molecule has 0 spiro atoms. The van der Waals surface area contributed by atoms with E-state index in [9.17, 15) is 22.4 Å². The van der Waals surface area contributed by atoms with Gasteiger partial charge in [0.15, 0.2) is 0 Å². The van der Waals surface area contributed by atoms with Crippen LogP contribution >= 0.6 is 0 Å². The quantitative estimate of drug-likeness (QED) is 0.648. The van der Waals surface area contributed by atoms with Gasteiger partial charge in [0.25, 0.3) is 5.91 Å². The van der Waals surface area contributed by atoms with Crippen LogP contribution in [0.3, 0.4) is 0 Å². The lowest BCUT2D eigenvalue weighted by atomic mass is 10.1. The number of carbonyl (C=O) groups excluding carboxylic acids is 1. The largest absolute Gasteiger partial charge is 0.416 e. The first kappa shape index (κ1) is 19.6. The number of aromatic nitrogens is 2. The van der Waals surface area contributed by atoms with Crippen molar-refractivity contribution < 1.29 is 22.4 Å². The number of nitrogens with one attached hydrogen (secondary N) is 1. The van der Waals surface area contributed by atoms with Crippen molar-refractivity contribution in [3.05, 3.63) is 82.9 Å². The SMILES string of the molecule is Cc1c(C(C)NC(=O)c2cccc(F)c2)cnn1-c1cccc(C(F)(F)F)c1. The number of halogens is 4. The van der Waals surface area contributed by atoms with Crippen LogP contribution in [0.1, 0.15) is 40.1 Å². The molecule has 0 radical (unpaired) electrons. The van der Waals surface area contributed by atoms with E-state index in [4.69, 9.17) is 0 Å². The summed E-state index contributed by atoms with van der Waals surface area (Å²) in [6.07, 6.45) is -2.96. The first-order chi connectivity index (χ1) is 13.2. The molecule has 1 heterocycles. The Balaban J connectivity index is 1.84. The molecule has 0 fully saturated rings. The van der Waals surface area contributed by atoms with Gasteiger partial charge < -0.3 is 5.32 Å². The number of nitrogens with zero attached hydrogens (tertiary/aromatic N) is 2. The van der Waals surface area contributed by atoms with Gasteiger partial charge in [-0.1, -0.05) is 12.1 Å². The molecular weight excluding hydrogens is 374 g/mol. The summed E-state index contributed by atoms with van der Waals surface area (Å²) in [5.74, 6) is -0.980. The third kappa shape index (κ3) is 4.05. The van der Waals surface area contributed by atoms with Crippen LogP contribution < -0.4 is 5.32 Å². The minimum atomic E-state index is -4.45. The van der Waals surface area contributed by atoms with Crippen molar-refractivity contribution in [1.82, 2.24) is 15.1 Å². The Morgan fingerprint density at radius 3 is 2.54 bits per heavy atom. The molecular formula is C20H17F4N3O. The van der Waals surface area contributed by atoms with Crippen LogP contribution in [-0.4, -0.2) is 15.7 Å². The fraction of sp³-hybridized carbons (Fsp3) is 0.200. The number of alkyl halides is 3. The van der Waals surface area contributed by atoms with Gasteiger partial charge in [-0.2, -0.15) is 18.3 Å². The van der Waals surface area contributed by atoms with Crippen molar-refractivity contribution in [3.63, 3.8) is 0 Å². The smallest absolute Gasteiger partial charge is 0.345 e. The van der Waals surface area contributed by atoms with Crippen LogP contribution in [0.5, 0.6) is 0 Å². The Morgan fingerprint density at radius 2 is 1.86 bits per heavy atom. The maximum absolute atomic E-state index is 13.3.